The Labute approximate surface area is 136 Å². The number of piperidine rings is 1. The number of aromatic nitrogens is 3. The highest BCUT2D eigenvalue weighted by Crippen LogP contribution is 2.24. The molecule has 0 bridgehead atoms. The van der Waals surface area contributed by atoms with Crippen molar-refractivity contribution in [2.75, 3.05) is 13.1 Å². The Kier molecular flexibility index (Phi) is 4.43. The summed E-state index contributed by atoms with van der Waals surface area (Å²) in [5.41, 5.74) is 8.29. The van der Waals surface area contributed by atoms with E-state index in [1.165, 1.54) is 0 Å². The van der Waals surface area contributed by atoms with Crippen LogP contribution in [0.2, 0.25) is 0 Å². The van der Waals surface area contributed by atoms with Gasteiger partial charge in [0.05, 0.1) is 11.9 Å². The highest BCUT2D eigenvalue weighted by molar-refractivity contribution is 5.92. The summed E-state index contributed by atoms with van der Waals surface area (Å²) in [6.45, 7) is 5.40. The molecule has 2 aromatic rings. The largest absolute Gasteiger partial charge is 0.333 e. The maximum absolute atomic E-state index is 12.8. The molecule has 2 heterocycles. The lowest BCUT2D eigenvalue weighted by Crippen LogP contribution is -2.51. The molecule has 3 rings (SSSR count). The van der Waals surface area contributed by atoms with Gasteiger partial charge in [-0.2, -0.15) is 0 Å². The lowest BCUT2D eigenvalue weighted by Gasteiger charge is -2.39. The Balaban J connectivity index is 1.83. The van der Waals surface area contributed by atoms with E-state index in [1.54, 1.807) is 10.9 Å². The molecule has 6 heteroatoms. The molecular formula is C17H23N5O. The van der Waals surface area contributed by atoms with E-state index in [2.05, 4.69) is 17.2 Å². The van der Waals surface area contributed by atoms with Crippen molar-refractivity contribution >= 4 is 5.91 Å². The molecule has 122 valence electrons. The van der Waals surface area contributed by atoms with E-state index >= 15 is 0 Å². The van der Waals surface area contributed by atoms with Gasteiger partial charge >= 0.3 is 0 Å². The van der Waals surface area contributed by atoms with Gasteiger partial charge in [-0.3, -0.25) is 4.79 Å². The monoisotopic (exact) mass is 313 g/mol. The minimum Gasteiger partial charge on any atom is -0.333 e. The Morgan fingerprint density at radius 3 is 3.00 bits per heavy atom. The summed E-state index contributed by atoms with van der Waals surface area (Å²) >= 11 is 0. The minimum absolute atomic E-state index is 0.0779. The van der Waals surface area contributed by atoms with Crippen molar-refractivity contribution < 1.29 is 4.79 Å². The van der Waals surface area contributed by atoms with Gasteiger partial charge in [-0.1, -0.05) is 24.3 Å². The zero-order valence-electron chi connectivity index (χ0n) is 13.6. The lowest BCUT2D eigenvalue weighted by atomic mass is 9.90. The number of nitrogens with zero attached hydrogens (tertiary/aromatic N) is 4. The van der Waals surface area contributed by atoms with Crippen LogP contribution in [0.5, 0.6) is 0 Å². The second kappa shape index (κ2) is 6.50. The molecule has 6 nitrogen and oxygen atoms in total. The highest BCUT2D eigenvalue weighted by Gasteiger charge is 2.32. The molecule has 0 radical (unpaired) electrons. The standard InChI is InChI=1S/C17H23N5O/c1-12-5-3-7-14(9-12)22-11-15(19-20-22)17(23)21-8-4-6-13(2)16(21)10-18/h3,5,7,9,11,13,16H,4,6,8,10,18H2,1-2H3/t13-,16-/m1/s1. The van der Waals surface area contributed by atoms with Gasteiger partial charge in [0.25, 0.3) is 5.91 Å². The number of amides is 1. The van der Waals surface area contributed by atoms with E-state index in [4.69, 9.17) is 5.73 Å². The molecule has 23 heavy (non-hydrogen) atoms. The number of nitrogens with two attached hydrogens (primary N) is 1. The summed E-state index contributed by atoms with van der Waals surface area (Å²) in [6.07, 6.45) is 3.82. The molecule has 0 spiro atoms. The summed E-state index contributed by atoms with van der Waals surface area (Å²) in [5.74, 6) is 0.343. The minimum atomic E-state index is -0.0779. The second-order valence-electron chi connectivity index (χ2n) is 6.31. The van der Waals surface area contributed by atoms with Gasteiger partial charge in [-0.25, -0.2) is 4.68 Å². The van der Waals surface area contributed by atoms with Crippen LogP contribution in [0.25, 0.3) is 5.69 Å². The van der Waals surface area contributed by atoms with Gasteiger partial charge in [-0.15, -0.1) is 5.10 Å². The molecule has 1 aromatic heterocycles. The Bertz CT molecular complexity index is 696. The topological polar surface area (TPSA) is 77.0 Å². The van der Waals surface area contributed by atoms with E-state index in [0.717, 1.165) is 30.6 Å². The van der Waals surface area contributed by atoms with Gasteiger partial charge in [0.15, 0.2) is 5.69 Å². The Morgan fingerprint density at radius 2 is 2.26 bits per heavy atom. The summed E-state index contributed by atoms with van der Waals surface area (Å²) < 4.78 is 1.64. The fourth-order valence-corrected chi connectivity index (χ4v) is 3.27. The predicted molar refractivity (Wildman–Crippen MR) is 88.4 cm³/mol. The normalized spacial score (nSPS) is 21.4. The molecule has 2 N–H and O–H groups in total. The summed E-state index contributed by atoms with van der Waals surface area (Å²) in [4.78, 5) is 14.6. The third-order valence-electron chi connectivity index (χ3n) is 4.60. The van der Waals surface area contributed by atoms with E-state index < -0.39 is 0 Å². The van der Waals surface area contributed by atoms with Crippen molar-refractivity contribution in [3.05, 3.63) is 41.7 Å². The van der Waals surface area contributed by atoms with Gasteiger partial charge in [-0.05, 0) is 43.4 Å². The van der Waals surface area contributed by atoms with Gasteiger partial charge in [0.1, 0.15) is 0 Å². The van der Waals surface area contributed by atoms with Crippen LogP contribution in [0, 0.1) is 12.8 Å². The fourth-order valence-electron chi connectivity index (χ4n) is 3.27. The average Bonchev–Trinajstić information content (AvgIpc) is 3.04. The molecule has 1 fully saturated rings. The third-order valence-corrected chi connectivity index (χ3v) is 4.60. The van der Waals surface area contributed by atoms with Gasteiger partial charge < -0.3 is 10.6 Å². The first-order valence-corrected chi connectivity index (χ1v) is 8.10. The number of rotatable bonds is 3. The molecule has 0 aliphatic carbocycles. The number of hydrogen-bond donors (Lipinski definition) is 1. The summed E-state index contributed by atoms with van der Waals surface area (Å²) in [7, 11) is 0. The average molecular weight is 313 g/mol. The maximum atomic E-state index is 12.8. The first-order valence-electron chi connectivity index (χ1n) is 8.10. The quantitative estimate of drug-likeness (QED) is 0.937. The number of benzene rings is 1. The molecule has 0 unspecified atom stereocenters. The second-order valence-corrected chi connectivity index (χ2v) is 6.31. The zero-order valence-corrected chi connectivity index (χ0v) is 13.6. The Morgan fingerprint density at radius 1 is 1.43 bits per heavy atom. The van der Waals surface area contributed by atoms with Crippen LogP contribution in [-0.4, -0.2) is 44.9 Å². The first kappa shape index (κ1) is 15.7. The van der Waals surface area contributed by atoms with Crippen LogP contribution in [0.15, 0.2) is 30.5 Å². The van der Waals surface area contributed by atoms with Crippen LogP contribution in [0.1, 0.15) is 35.8 Å². The molecule has 1 aromatic carbocycles. The number of hydrogen-bond acceptors (Lipinski definition) is 4. The van der Waals surface area contributed by atoms with E-state index in [1.807, 2.05) is 36.1 Å². The number of carbonyl (C=O) groups excluding carboxylic acids is 1. The zero-order chi connectivity index (χ0) is 16.4. The molecule has 1 amide bonds. The molecular weight excluding hydrogens is 290 g/mol. The molecule has 0 saturated carbocycles. The van der Waals surface area contributed by atoms with Crippen molar-refractivity contribution in [3.8, 4) is 5.69 Å². The van der Waals surface area contributed by atoms with Crippen LogP contribution >= 0.6 is 0 Å². The van der Waals surface area contributed by atoms with Crippen LogP contribution in [-0.2, 0) is 0 Å². The van der Waals surface area contributed by atoms with Crippen molar-refractivity contribution in [2.24, 2.45) is 11.7 Å². The van der Waals surface area contributed by atoms with E-state index in [9.17, 15) is 4.79 Å². The van der Waals surface area contributed by atoms with Crippen LogP contribution in [0.4, 0.5) is 0 Å². The summed E-state index contributed by atoms with van der Waals surface area (Å²) in [5, 5.41) is 8.17. The van der Waals surface area contributed by atoms with Crippen LogP contribution in [0.3, 0.4) is 0 Å². The summed E-state index contributed by atoms with van der Waals surface area (Å²) in [6, 6.07) is 8.02. The van der Waals surface area contributed by atoms with Crippen LogP contribution < -0.4 is 5.73 Å². The third kappa shape index (κ3) is 3.12. The number of carbonyl (C=O) groups is 1. The van der Waals surface area contributed by atoms with Crippen molar-refractivity contribution in [3.63, 3.8) is 0 Å². The van der Waals surface area contributed by atoms with E-state index in [-0.39, 0.29) is 11.9 Å². The fraction of sp³-hybridized carbons (Fsp3) is 0.471. The molecule has 1 saturated heterocycles. The Hall–Kier alpha value is -2.21. The first-order chi connectivity index (χ1) is 11.1. The highest BCUT2D eigenvalue weighted by atomic mass is 16.2. The molecule has 1 aliphatic heterocycles. The van der Waals surface area contributed by atoms with Gasteiger partial charge in [0, 0.05) is 19.1 Å². The predicted octanol–water partition coefficient (Wildman–Crippen LogP) is 1.78. The van der Waals surface area contributed by atoms with E-state index in [0.29, 0.717) is 18.2 Å². The van der Waals surface area contributed by atoms with Crippen molar-refractivity contribution in [1.82, 2.24) is 19.9 Å². The van der Waals surface area contributed by atoms with Crippen molar-refractivity contribution in [2.45, 2.75) is 32.7 Å². The van der Waals surface area contributed by atoms with Crippen molar-refractivity contribution in [1.29, 1.82) is 0 Å². The maximum Gasteiger partial charge on any atom is 0.276 e. The lowest BCUT2D eigenvalue weighted by molar-refractivity contribution is 0.0526. The smallest absolute Gasteiger partial charge is 0.276 e. The molecule has 2 atom stereocenters. The molecule has 1 aliphatic rings. The van der Waals surface area contributed by atoms with Gasteiger partial charge in [0.2, 0.25) is 0 Å². The SMILES string of the molecule is Cc1cccc(-n2cc(C(=O)N3CCC[C@@H](C)[C@H]3CN)nn2)c1. The number of likely N-dealkylation sites (tertiary alicyclic amines) is 1. The number of aryl methyl sites for hydroxylation is 1.